The van der Waals surface area contributed by atoms with Crippen LogP contribution in [-0.2, 0) is 11.2 Å². The summed E-state index contributed by atoms with van der Waals surface area (Å²) in [4.78, 5) is 4.34. The third kappa shape index (κ3) is 5.24. The summed E-state index contributed by atoms with van der Waals surface area (Å²) in [5, 5.41) is 14.1. The van der Waals surface area contributed by atoms with Crippen molar-refractivity contribution in [1.82, 2.24) is 15.2 Å². The number of hydrogen-bond acceptors (Lipinski definition) is 8. The maximum atomic E-state index is 5.31. The molecule has 0 saturated heterocycles. The van der Waals surface area contributed by atoms with Crippen LogP contribution in [0.3, 0.4) is 0 Å². The molecule has 0 spiro atoms. The SMILES string of the molecule is COCCNc1nncc(NCCc2ccc(OC)c(OC)c2)n1. The van der Waals surface area contributed by atoms with Gasteiger partial charge in [-0.25, -0.2) is 0 Å². The molecule has 2 aromatic rings. The van der Waals surface area contributed by atoms with Gasteiger partial charge in [-0.2, -0.15) is 10.1 Å². The van der Waals surface area contributed by atoms with Crippen LogP contribution >= 0.6 is 0 Å². The first-order valence-corrected chi connectivity index (χ1v) is 7.64. The molecular formula is C16H23N5O3. The Morgan fingerprint density at radius 1 is 1.00 bits per heavy atom. The molecule has 130 valence electrons. The summed E-state index contributed by atoms with van der Waals surface area (Å²) in [6.07, 6.45) is 2.41. The fourth-order valence-corrected chi connectivity index (χ4v) is 2.10. The summed E-state index contributed by atoms with van der Waals surface area (Å²) in [7, 11) is 4.90. The van der Waals surface area contributed by atoms with Crippen LogP contribution in [0.1, 0.15) is 5.56 Å². The minimum Gasteiger partial charge on any atom is -0.493 e. The maximum Gasteiger partial charge on any atom is 0.244 e. The topological polar surface area (TPSA) is 90.4 Å². The van der Waals surface area contributed by atoms with Crippen molar-refractivity contribution in [3.63, 3.8) is 0 Å². The molecule has 0 saturated carbocycles. The van der Waals surface area contributed by atoms with E-state index in [4.69, 9.17) is 14.2 Å². The quantitative estimate of drug-likeness (QED) is 0.634. The number of hydrogen-bond donors (Lipinski definition) is 2. The Labute approximate surface area is 141 Å². The molecule has 1 aromatic carbocycles. The Morgan fingerprint density at radius 3 is 2.58 bits per heavy atom. The molecule has 0 unspecified atom stereocenters. The number of anilines is 2. The van der Waals surface area contributed by atoms with Crippen molar-refractivity contribution in [1.29, 1.82) is 0 Å². The molecule has 1 heterocycles. The molecule has 8 nitrogen and oxygen atoms in total. The minimum atomic E-state index is 0.475. The first kappa shape index (κ1) is 17.7. The molecule has 0 radical (unpaired) electrons. The Morgan fingerprint density at radius 2 is 1.83 bits per heavy atom. The van der Waals surface area contributed by atoms with Crippen LogP contribution in [0.4, 0.5) is 11.8 Å². The van der Waals surface area contributed by atoms with E-state index >= 15 is 0 Å². The zero-order valence-corrected chi connectivity index (χ0v) is 14.2. The highest BCUT2D eigenvalue weighted by Crippen LogP contribution is 2.27. The Kier molecular flexibility index (Phi) is 7.03. The average molecular weight is 333 g/mol. The maximum absolute atomic E-state index is 5.31. The van der Waals surface area contributed by atoms with E-state index in [0.717, 1.165) is 23.5 Å². The van der Waals surface area contributed by atoms with Crippen LogP contribution in [-0.4, -0.2) is 56.2 Å². The fourth-order valence-electron chi connectivity index (χ4n) is 2.10. The second-order valence-corrected chi connectivity index (χ2v) is 4.95. The lowest BCUT2D eigenvalue weighted by Gasteiger charge is -2.10. The zero-order valence-electron chi connectivity index (χ0n) is 14.2. The van der Waals surface area contributed by atoms with E-state index in [2.05, 4.69) is 25.8 Å². The summed E-state index contributed by atoms with van der Waals surface area (Å²) in [6, 6.07) is 5.88. The highest BCUT2D eigenvalue weighted by Gasteiger charge is 2.05. The molecule has 0 aliphatic rings. The number of nitrogens with zero attached hydrogens (tertiary/aromatic N) is 3. The summed E-state index contributed by atoms with van der Waals surface area (Å²) < 4.78 is 15.5. The molecule has 1 aromatic heterocycles. The highest BCUT2D eigenvalue weighted by atomic mass is 16.5. The number of rotatable bonds is 10. The van der Waals surface area contributed by atoms with E-state index in [1.54, 1.807) is 27.5 Å². The third-order valence-corrected chi connectivity index (χ3v) is 3.32. The van der Waals surface area contributed by atoms with Crippen molar-refractivity contribution >= 4 is 11.8 Å². The van der Waals surface area contributed by atoms with Gasteiger partial charge in [0.25, 0.3) is 0 Å². The molecule has 0 bridgehead atoms. The normalized spacial score (nSPS) is 10.3. The van der Waals surface area contributed by atoms with Gasteiger partial charge in [0.1, 0.15) is 0 Å². The fraction of sp³-hybridized carbons (Fsp3) is 0.438. The monoisotopic (exact) mass is 333 g/mol. The summed E-state index contributed by atoms with van der Waals surface area (Å²) in [5.41, 5.74) is 1.14. The zero-order chi connectivity index (χ0) is 17.2. The van der Waals surface area contributed by atoms with Crippen LogP contribution in [0.15, 0.2) is 24.4 Å². The molecule has 24 heavy (non-hydrogen) atoms. The van der Waals surface area contributed by atoms with Crippen LogP contribution < -0.4 is 20.1 Å². The van der Waals surface area contributed by atoms with Crippen molar-refractivity contribution in [3.05, 3.63) is 30.0 Å². The van der Waals surface area contributed by atoms with E-state index in [-0.39, 0.29) is 0 Å². The van der Waals surface area contributed by atoms with Gasteiger partial charge in [-0.1, -0.05) is 6.07 Å². The van der Waals surface area contributed by atoms with Crippen LogP contribution in [0.2, 0.25) is 0 Å². The number of nitrogens with one attached hydrogen (secondary N) is 2. The Bertz CT molecular complexity index is 639. The van der Waals surface area contributed by atoms with Gasteiger partial charge in [-0.3, -0.25) is 0 Å². The van der Waals surface area contributed by atoms with Crippen molar-refractivity contribution in [2.45, 2.75) is 6.42 Å². The molecule has 0 aliphatic carbocycles. The third-order valence-electron chi connectivity index (χ3n) is 3.32. The lowest BCUT2D eigenvalue weighted by Crippen LogP contribution is -2.13. The van der Waals surface area contributed by atoms with Crippen molar-refractivity contribution < 1.29 is 14.2 Å². The lowest BCUT2D eigenvalue weighted by molar-refractivity contribution is 0.210. The van der Waals surface area contributed by atoms with Gasteiger partial charge in [-0.05, 0) is 24.1 Å². The first-order chi connectivity index (χ1) is 11.8. The average Bonchev–Trinajstić information content (AvgIpc) is 2.62. The molecule has 0 fully saturated rings. The van der Waals surface area contributed by atoms with Crippen LogP contribution in [0.25, 0.3) is 0 Å². The number of ether oxygens (including phenoxy) is 3. The number of methoxy groups -OCH3 is 3. The van der Waals surface area contributed by atoms with E-state index in [1.165, 1.54) is 0 Å². The van der Waals surface area contributed by atoms with Crippen molar-refractivity contribution in [2.24, 2.45) is 0 Å². The Hall–Kier alpha value is -2.61. The van der Waals surface area contributed by atoms with Gasteiger partial charge in [0.2, 0.25) is 5.95 Å². The van der Waals surface area contributed by atoms with Gasteiger partial charge in [0.05, 0.1) is 27.0 Å². The molecule has 0 atom stereocenters. The largest absolute Gasteiger partial charge is 0.493 e. The van der Waals surface area contributed by atoms with Gasteiger partial charge in [0, 0.05) is 20.2 Å². The van der Waals surface area contributed by atoms with Crippen LogP contribution in [0, 0.1) is 0 Å². The van der Waals surface area contributed by atoms with Gasteiger partial charge >= 0.3 is 0 Å². The summed E-state index contributed by atoms with van der Waals surface area (Å²) >= 11 is 0. The molecule has 2 N–H and O–H groups in total. The predicted octanol–water partition coefficient (Wildman–Crippen LogP) is 1.60. The molecular weight excluding hydrogens is 310 g/mol. The van der Waals surface area contributed by atoms with Gasteiger partial charge in [0.15, 0.2) is 17.3 Å². The number of aromatic nitrogens is 3. The smallest absolute Gasteiger partial charge is 0.244 e. The minimum absolute atomic E-state index is 0.475. The van der Waals surface area contributed by atoms with Crippen molar-refractivity contribution in [2.75, 3.05) is 51.7 Å². The Balaban J connectivity index is 1.86. The van der Waals surface area contributed by atoms with E-state index < -0.39 is 0 Å². The van der Waals surface area contributed by atoms with E-state index in [0.29, 0.717) is 31.5 Å². The van der Waals surface area contributed by atoms with Gasteiger partial charge in [-0.15, -0.1) is 5.10 Å². The molecule has 2 rings (SSSR count). The molecule has 0 aliphatic heterocycles. The summed E-state index contributed by atoms with van der Waals surface area (Å²) in [5.74, 6) is 2.60. The second kappa shape index (κ2) is 9.51. The van der Waals surface area contributed by atoms with E-state index in [1.807, 2.05) is 18.2 Å². The van der Waals surface area contributed by atoms with Crippen molar-refractivity contribution in [3.8, 4) is 11.5 Å². The van der Waals surface area contributed by atoms with E-state index in [9.17, 15) is 0 Å². The second-order valence-electron chi connectivity index (χ2n) is 4.95. The predicted molar refractivity (Wildman–Crippen MR) is 91.9 cm³/mol. The van der Waals surface area contributed by atoms with Crippen LogP contribution in [0.5, 0.6) is 11.5 Å². The summed E-state index contributed by atoms with van der Waals surface area (Å²) in [6.45, 7) is 1.93. The standard InChI is InChI=1S/C16H23N5O3/c1-22-9-8-18-16-20-15(11-19-21-16)17-7-6-12-4-5-13(23-2)14(10-12)24-3/h4-5,10-11H,6-9H2,1-3H3,(H2,17,18,20,21). The number of benzene rings is 1. The molecule has 0 amide bonds. The first-order valence-electron chi connectivity index (χ1n) is 7.64. The highest BCUT2D eigenvalue weighted by molar-refractivity contribution is 5.43. The lowest BCUT2D eigenvalue weighted by atomic mass is 10.1. The molecule has 8 heteroatoms. The van der Waals surface area contributed by atoms with Gasteiger partial charge < -0.3 is 24.8 Å².